The first kappa shape index (κ1) is 21.7. The monoisotopic (exact) mass is 454 g/mol. The van der Waals surface area contributed by atoms with Gasteiger partial charge in [0.1, 0.15) is 0 Å². The van der Waals surface area contributed by atoms with Crippen LogP contribution in [0.5, 0.6) is 0 Å². The number of nitrogens with one attached hydrogen (secondary N) is 1. The summed E-state index contributed by atoms with van der Waals surface area (Å²) in [5.41, 5.74) is 1.31. The smallest absolute Gasteiger partial charge is 0.366 e. The molecule has 1 aliphatic carbocycles. The predicted octanol–water partition coefficient (Wildman–Crippen LogP) is 5.84. The van der Waals surface area contributed by atoms with E-state index in [1.807, 2.05) is 19.1 Å². The fourth-order valence-electron chi connectivity index (χ4n) is 5.49. The van der Waals surface area contributed by atoms with Gasteiger partial charge in [-0.05, 0) is 75.3 Å². The van der Waals surface area contributed by atoms with Crippen molar-refractivity contribution in [3.63, 3.8) is 0 Å². The molecule has 2 heterocycles. The highest BCUT2D eigenvalue weighted by atomic mass is 19.4. The van der Waals surface area contributed by atoms with Crippen molar-refractivity contribution < 1.29 is 22.8 Å². The Balaban J connectivity index is 1.43. The van der Waals surface area contributed by atoms with Crippen molar-refractivity contribution in [2.45, 2.75) is 63.7 Å². The Hall–Kier alpha value is -3.09. The molecule has 2 aromatic carbocycles. The molecule has 0 spiro atoms. The van der Waals surface area contributed by atoms with Crippen LogP contribution in [0.1, 0.15) is 59.2 Å². The van der Waals surface area contributed by atoms with Crippen LogP contribution in [0.15, 0.2) is 48.0 Å². The standard InChI is InChI=1S/C26H25F3N2O2/c1-15-5-6-16-7-11-20(24(32)21(16)13-15)25(33)30-23-12-10-19(14-22(23)26(27,28)29)31-17-3-2-4-18(31)9-8-17/h5-6,10-14,17-18H,2-4,7-9H2,1H3,(H,30,33). The average molecular weight is 454 g/mol. The lowest BCUT2D eigenvalue weighted by molar-refractivity contribution is -0.136. The maximum atomic E-state index is 14.0. The molecule has 1 amide bonds. The van der Waals surface area contributed by atoms with E-state index in [2.05, 4.69) is 10.2 Å². The van der Waals surface area contributed by atoms with E-state index in [4.69, 9.17) is 0 Å². The van der Waals surface area contributed by atoms with Crippen molar-refractivity contribution in [1.82, 2.24) is 0 Å². The molecule has 4 nitrogen and oxygen atoms in total. The zero-order chi connectivity index (χ0) is 23.3. The Morgan fingerprint density at radius 3 is 2.45 bits per heavy atom. The second kappa shape index (κ2) is 8.04. The molecule has 2 bridgehead atoms. The van der Waals surface area contributed by atoms with Crippen LogP contribution >= 0.6 is 0 Å². The number of fused-ring (bicyclic) bond motifs is 3. The maximum Gasteiger partial charge on any atom is 0.418 e. The first-order valence-corrected chi connectivity index (χ1v) is 11.4. The number of hydrogen-bond acceptors (Lipinski definition) is 3. The third-order valence-corrected chi connectivity index (χ3v) is 7.07. The van der Waals surface area contributed by atoms with Gasteiger partial charge < -0.3 is 10.2 Å². The van der Waals surface area contributed by atoms with E-state index in [1.54, 1.807) is 12.1 Å². The summed E-state index contributed by atoms with van der Waals surface area (Å²) in [6.07, 6.45) is 2.33. The fourth-order valence-corrected chi connectivity index (χ4v) is 5.49. The molecule has 2 unspecified atom stereocenters. The van der Waals surface area contributed by atoms with E-state index in [9.17, 15) is 22.8 Å². The van der Waals surface area contributed by atoms with Crippen LogP contribution in [0.25, 0.3) is 0 Å². The largest absolute Gasteiger partial charge is 0.418 e. The first-order valence-electron chi connectivity index (χ1n) is 11.4. The number of nitrogens with zero attached hydrogens (tertiary/aromatic N) is 1. The summed E-state index contributed by atoms with van der Waals surface area (Å²) in [6, 6.07) is 10.1. The van der Waals surface area contributed by atoms with Crippen molar-refractivity contribution in [3.8, 4) is 0 Å². The van der Waals surface area contributed by atoms with Crippen LogP contribution in [-0.4, -0.2) is 23.8 Å². The van der Waals surface area contributed by atoms with E-state index in [1.165, 1.54) is 12.1 Å². The molecule has 0 radical (unpaired) electrons. The minimum atomic E-state index is -4.64. The number of allylic oxidation sites excluding steroid dienone is 1. The fraction of sp³-hybridized carbons (Fsp3) is 0.385. The van der Waals surface area contributed by atoms with Gasteiger partial charge in [0.25, 0.3) is 5.91 Å². The topological polar surface area (TPSA) is 49.4 Å². The van der Waals surface area contributed by atoms with Gasteiger partial charge in [-0.1, -0.05) is 23.8 Å². The number of ketones is 1. The van der Waals surface area contributed by atoms with Gasteiger partial charge in [0.05, 0.1) is 16.8 Å². The highest BCUT2D eigenvalue weighted by molar-refractivity contribution is 6.29. The second-order valence-corrected chi connectivity index (χ2v) is 9.22. The number of carbonyl (C=O) groups excluding carboxylic acids is 2. The number of rotatable bonds is 3. The Bertz CT molecular complexity index is 1150. The SMILES string of the molecule is Cc1ccc2c(c1)C(=O)C(C(=O)Nc1ccc(N3C4CCCC3CC4)cc1C(F)(F)F)=CC2. The van der Waals surface area contributed by atoms with E-state index >= 15 is 0 Å². The van der Waals surface area contributed by atoms with Crippen molar-refractivity contribution in [2.75, 3.05) is 10.2 Å². The molecule has 2 atom stereocenters. The van der Waals surface area contributed by atoms with E-state index in [-0.39, 0.29) is 23.3 Å². The van der Waals surface area contributed by atoms with Crippen LogP contribution in [0.3, 0.4) is 0 Å². The Labute approximate surface area is 190 Å². The van der Waals surface area contributed by atoms with Crippen LogP contribution in [-0.2, 0) is 17.4 Å². The second-order valence-electron chi connectivity index (χ2n) is 9.22. The summed E-state index contributed by atoms with van der Waals surface area (Å²) in [5, 5.41) is 2.36. The van der Waals surface area contributed by atoms with Gasteiger partial charge in [0, 0.05) is 23.3 Å². The number of benzene rings is 2. The first-order chi connectivity index (χ1) is 15.7. The molecule has 2 aromatic rings. The summed E-state index contributed by atoms with van der Waals surface area (Å²) in [4.78, 5) is 27.9. The molecular weight excluding hydrogens is 429 g/mol. The third-order valence-electron chi connectivity index (χ3n) is 7.07. The molecule has 33 heavy (non-hydrogen) atoms. The third kappa shape index (κ3) is 3.94. The van der Waals surface area contributed by atoms with E-state index < -0.39 is 23.4 Å². The summed E-state index contributed by atoms with van der Waals surface area (Å²) in [6.45, 7) is 1.84. The quantitative estimate of drug-likeness (QED) is 0.593. The lowest BCUT2D eigenvalue weighted by Crippen LogP contribution is -2.39. The van der Waals surface area contributed by atoms with Crippen molar-refractivity contribution in [1.29, 1.82) is 0 Å². The molecule has 1 N–H and O–H groups in total. The van der Waals surface area contributed by atoms with Crippen LogP contribution in [0, 0.1) is 6.92 Å². The molecule has 2 saturated heterocycles. The predicted molar refractivity (Wildman–Crippen MR) is 121 cm³/mol. The zero-order valence-corrected chi connectivity index (χ0v) is 18.3. The van der Waals surface area contributed by atoms with Gasteiger partial charge in [-0.2, -0.15) is 13.2 Å². The molecule has 3 aliphatic rings. The summed E-state index contributed by atoms with van der Waals surface area (Å²) in [7, 11) is 0. The normalized spacial score (nSPS) is 22.1. The van der Waals surface area contributed by atoms with Gasteiger partial charge >= 0.3 is 6.18 Å². The van der Waals surface area contributed by atoms with Crippen molar-refractivity contribution in [3.05, 3.63) is 70.3 Å². The lowest BCUT2D eigenvalue weighted by Gasteiger charge is -2.37. The highest BCUT2D eigenvalue weighted by Crippen LogP contribution is 2.43. The number of aryl methyl sites for hydroxylation is 1. The van der Waals surface area contributed by atoms with Gasteiger partial charge in [0.2, 0.25) is 0 Å². The Morgan fingerprint density at radius 1 is 1.03 bits per heavy atom. The maximum absolute atomic E-state index is 14.0. The van der Waals surface area contributed by atoms with Crippen LogP contribution in [0.4, 0.5) is 24.5 Å². The van der Waals surface area contributed by atoms with Crippen LogP contribution < -0.4 is 10.2 Å². The van der Waals surface area contributed by atoms with Crippen molar-refractivity contribution in [2.24, 2.45) is 0 Å². The summed E-state index contributed by atoms with van der Waals surface area (Å²) >= 11 is 0. The molecular formula is C26H25F3N2O2. The van der Waals surface area contributed by atoms with Gasteiger partial charge in [-0.25, -0.2) is 0 Å². The van der Waals surface area contributed by atoms with E-state index in [0.29, 0.717) is 17.7 Å². The number of amides is 1. The zero-order valence-electron chi connectivity index (χ0n) is 18.3. The number of anilines is 2. The average Bonchev–Trinajstić information content (AvgIpc) is 3.02. The molecule has 0 saturated carbocycles. The highest BCUT2D eigenvalue weighted by Gasteiger charge is 2.39. The lowest BCUT2D eigenvalue weighted by atomic mass is 9.89. The Morgan fingerprint density at radius 2 is 1.76 bits per heavy atom. The van der Waals surface area contributed by atoms with E-state index in [0.717, 1.165) is 49.3 Å². The molecule has 7 heteroatoms. The number of piperidine rings is 1. The summed E-state index contributed by atoms with van der Waals surface area (Å²) < 4.78 is 41.9. The molecule has 2 fully saturated rings. The molecule has 2 aliphatic heterocycles. The number of Topliss-reactive ketones (excluding diaryl/α,β-unsaturated/α-hetero) is 1. The molecule has 0 aromatic heterocycles. The van der Waals surface area contributed by atoms with Crippen LogP contribution in [0.2, 0.25) is 0 Å². The number of hydrogen-bond donors (Lipinski definition) is 1. The summed E-state index contributed by atoms with van der Waals surface area (Å²) in [5.74, 6) is -1.28. The van der Waals surface area contributed by atoms with Crippen molar-refractivity contribution >= 4 is 23.1 Å². The number of halogens is 3. The molecule has 5 rings (SSSR count). The minimum Gasteiger partial charge on any atom is -0.366 e. The Kier molecular flexibility index (Phi) is 5.30. The van der Waals surface area contributed by atoms with Gasteiger partial charge in [-0.15, -0.1) is 0 Å². The van der Waals surface area contributed by atoms with Gasteiger partial charge in [0.15, 0.2) is 5.78 Å². The number of carbonyl (C=O) groups is 2. The molecule has 172 valence electrons. The number of alkyl halides is 3. The minimum absolute atomic E-state index is 0.126. The van der Waals surface area contributed by atoms with Gasteiger partial charge in [-0.3, -0.25) is 9.59 Å².